The molecule has 2 rings (SSSR count). The van der Waals surface area contributed by atoms with E-state index in [1.54, 1.807) is 0 Å². The second kappa shape index (κ2) is 17.9. The third kappa shape index (κ3) is 11.9. The van der Waals surface area contributed by atoms with Gasteiger partial charge < -0.3 is 70.4 Å². The third-order valence-corrected chi connectivity index (χ3v) is 7.86. The van der Waals surface area contributed by atoms with Crippen molar-refractivity contribution in [2.24, 2.45) is 0 Å². The molecule has 2 saturated heterocycles. The topological polar surface area (TPSA) is 384 Å². The first-order valence-electron chi connectivity index (χ1n) is 13.8. The fourth-order valence-corrected chi connectivity index (χ4v) is 5.66. The zero-order valence-corrected chi connectivity index (χ0v) is 26.7. The third-order valence-electron chi connectivity index (χ3n) is 6.96. The van der Waals surface area contributed by atoms with Crippen LogP contribution in [0.3, 0.4) is 0 Å². The molecule has 24 nitrogen and oxygen atoms in total. The van der Waals surface area contributed by atoms with Crippen LogP contribution in [-0.4, -0.2) is 191 Å². The van der Waals surface area contributed by atoms with Gasteiger partial charge in [-0.15, -0.1) is 0 Å². The molecule has 0 spiro atoms. The van der Waals surface area contributed by atoms with Crippen molar-refractivity contribution in [3.63, 3.8) is 0 Å². The van der Waals surface area contributed by atoms with Gasteiger partial charge in [0.05, 0.1) is 32.5 Å². The molecule has 282 valence electrons. The molecule has 2 aliphatic rings. The Bertz CT molecular complexity index is 1270. The van der Waals surface area contributed by atoms with Gasteiger partial charge >= 0.3 is 20.8 Å². The molecule has 2 amide bonds. The van der Waals surface area contributed by atoms with Crippen LogP contribution in [0.2, 0.25) is 0 Å². The fourth-order valence-electron chi connectivity index (χ4n) is 4.84. The Kier molecular flexibility index (Phi) is 15.8. The van der Waals surface area contributed by atoms with Crippen molar-refractivity contribution < 1.29 is 104 Å². The van der Waals surface area contributed by atoms with Crippen LogP contribution in [0.4, 0.5) is 0 Å². The normalized spacial score (nSPS) is 34.1. The van der Waals surface area contributed by atoms with Gasteiger partial charge in [0.15, 0.2) is 12.6 Å². The number of nitrogens with one attached hydrogen (secondary N) is 2. The molecule has 0 aliphatic carbocycles. The quantitative estimate of drug-likeness (QED) is 0.0614. The Hall–Kier alpha value is -1.80. The van der Waals surface area contributed by atoms with Crippen molar-refractivity contribution in [2.75, 3.05) is 26.4 Å². The molecule has 0 aromatic heterocycles. The van der Waals surface area contributed by atoms with E-state index in [0.717, 1.165) is 13.8 Å². The van der Waals surface area contributed by atoms with Gasteiger partial charge in [-0.1, -0.05) is 0 Å². The maximum absolute atomic E-state index is 12.1. The molecule has 0 saturated carbocycles. The number of aliphatic hydroxyl groups excluding tert-OH is 8. The molecule has 0 aromatic carbocycles. The van der Waals surface area contributed by atoms with Crippen LogP contribution in [0.5, 0.6) is 0 Å². The van der Waals surface area contributed by atoms with Gasteiger partial charge in [0.1, 0.15) is 67.1 Å². The summed E-state index contributed by atoms with van der Waals surface area (Å²) in [5, 5.41) is 86.5. The van der Waals surface area contributed by atoms with E-state index in [1.807, 2.05) is 0 Å². The Labute approximate surface area is 273 Å². The zero-order chi connectivity index (χ0) is 36.7. The van der Waals surface area contributed by atoms with E-state index in [-0.39, 0.29) is 0 Å². The van der Waals surface area contributed by atoms with Gasteiger partial charge in [-0.25, -0.2) is 8.37 Å². The molecule has 14 atom stereocenters. The van der Waals surface area contributed by atoms with Gasteiger partial charge in [-0.3, -0.25) is 18.7 Å². The maximum Gasteiger partial charge on any atom is 0.397 e. The summed E-state index contributed by atoms with van der Waals surface area (Å²) in [6.45, 7) is -2.41. The summed E-state index contributed by atoms with van der Waals surface area (Å²) in [5.74, 6) is -1.67. The van der Waals surface area contributed by atoms with Crippen LogP contribution in [-0.2, 0) is 57.7 Å². The van der Waals surface area contributed by atoms with E-state index in [2.05, 4.69) is 19.0 Å². The second-order valence-corrected chi connectivity index (χ2v) is 12.7. The minimum Gasteiger partial charge on any atom is -0.394 e. The molecule has 48 heavy (non-hydrogen) atoms. The first kappa shape index (κ1) is 42.4. The Balaban J connectivity index is 2.58. The van der Waals surface area contributed by atoms with Gasteiger partial charge in [0.2, 0.25) is 11.8 Å². The fraction of sp³-hybridized carbons (Fsp3) is 0.909. The highest BCUT2D eigenvalue weighted by Gasteiger charge is 2.54. The average Bonchev–Trinajstić information content (AvgIpc) is 2.98. The smallest absolute Gasteiger partial charge is 0.394 e. The Morgan fingerprint density at radius 2 is 1.42 bits per heavy atom. The maximum atomic E-state index is 12.1. The highest BCUT2D eigenvalue weighted by atomic mass is 32.3. The number of carbonyl (C=O) groups excluding carboxylic acids is 2. The second-order valence-electron chi connectivity index (χ2n) is 10.6. The molecule has 14 unspecified atom stereocenters. The van der Waals surface area contributed by atoms with Crippen LogP contribution >= 0.6 is 0 Å². The number of rotatable bonds is 17. The predicted octanol–water partition coefficient (Wildman–Crippen LogP) is -8.00. The first-order chi connectivity index (χ1) is 22.1. The largest absolute Gasteiger partial charge is 0.397 e. The summed E-state index contributed by atoms with van der Waals surface area (Å²) in [5.41, 5.74) is 0. The minimum atomic E-state index is -5.36. The summed E-state index contributed by atoms with van der Waals surface area (Å²) in [4.78, 5) is 23.9. The molecular weight excluding hydrogens is 708 g/mol. The van der Waals surface area contributed by atoms with E-state index < -0.39 is 145 Å². The summed E-state index contributed by atoms with van der Waals surface area (Å²) in [6.07, 6.45) is -24.9. The summed E-state index contributed by atoms with van der Waals surface area (Å²) in [7, 11) is -10.6. The van der Waals surface area contributed by atoms with Crippen molar-refractivity contribution in [2.45, 2.75) is 99.6 Å². The van der Waals surface area contributed by atoms with Crippen molar-refractivity contribution in [3.05, 3.63) is 0 Å². The van der Waals surface area contributed by atoms with Crippen molar-refractivity contribution in [1.82, 2.24) is 10.6 Å². The van der Waals surface area contributed by atoms with Crippen molar-refractivity contribution in [1.29, 1.82) is 0 Å². The molecule has 12 N–H and O–H groups in total. The Morgan fingerprint density at radius 3 is 1.90 bits per heavy atom. The summed E-state index contributed by atoms with van der Waals surface area (Å²) in [6, 6.07) is -3.40. The molecule has 2 aliphatic heterocycles. The van der Waals surface area contributed by atoms with Gasteiger partial charge in [-0.05, 0) is 0 Å². The van der Waals surface area contributed by atoms with Gasteiger partial charge in [0.25, 0.3) is 0 Å². The van der Waals surface area contributed by atoms with E-state index in [4.69, 9.17) is 28.1 Å². The lowest BCUT2D eigenvalue weighted by Gasteiger charge is -2.48. The lowest BCUT2D eigenvalue weighted by Crippen LogP contribution is -2.69. The number of amides is 2. The number of aliphatic hydroxyl groups is 8. The summed E-state index contributed by atoms with van der Waals surface area (Å²) >= 11 is 0. The van der Waals surface area contributed by atoms with E-state index in [9.17, 15) is 67.3 Å². The lowest BCUT2D eigenvalue weighted by molar-refractivity contribution is -0.351. The van der Waals surface area contributed by atoms with Crippen LogP contribution in [0.1, 0.15) is 13.8 Å². The lowest BCUT2D eigenvalue weighted by atomic mass is 9.95. The molecular formula is C22H40N2O22S2. The van der Waals surface area contributed by atoms with E-state index in [0.29, 0.717) is 0 Å². The molecule has 0 aromatic rings. The molecule has 0 radical (unpaired) electrons. The van der Waals surface area contributed by atoms with Gasteiger partial charge in [0, 0.05) is 13.8 Å². The Morgan fingerprint density at radius 1 is 0.812 bits per heavy atom. The molecule has 2 fully saturated rings. The highest BCUT2D eigenvalue weighted by molar-refractivity contribution is 7.81. The van der Waals surface area contributed by atoms with Crippen LogP contribution in [0.25, 0.3) is 0 Å². The van der Waals surface area contributed by atoms with Crippen molar-refractivity contribution in [3.8, 4) is 0 Å². The van der Waals surface area contributed by atoms with Crippen LogP contribution in [0.15, 0.2) is 0 Å². The number of carbonyl (C=O) groups is 2. The van der Waals surface area contributed by atoms with Crippen LogP contribution in [0, 0.1) is 0 Å². The van der Waals surface area contributed by atoms with Crippen LogP contribution < -0.4 is 10.6 Å². The number of hydrogen-bond donors (Lipinski definition) is 12. The predicted molar refractivity (Wildman–Crippen MR) is 147 cm³/mol. The number of hydrogen-bond acceptors (Lipinski definition) is 20. The molecule has 2 heterocycles. The minimum absolute atomic E-state index is 0.780. The van der Waals surface area contributed by atoms with E-state index in [1.165, 1.54) is 0 Å². The van der Waals surface area contributed by atoms with Crippen molar-refractivity contribution >= 4 is 32.6 Å². The van der Waals surface area contributed by atoms with E-state index >= 15 is 0 Å². The molecule has 0 bridgehead atoms. The average molecular weight is 749 g/mol. The SMILES string of the molecule is CC(=O)NC(CO)C(OC1OC(COS(=O)(=O)O)C(OC2OC(CO)C(O)C(OS(=O)(=O)O)C2O)C(O)C1NC(C)=O)C(O)C(O)CO. The first-order valence-corrected chi connectivity index (χ1v) is 16.5. The zero-order valence-electron chi connectivity index (χ0n) is 25.1. The summed E-state index contributed by atoms with van der Waals surface area (Å²) < 4.78 is 94.5. The highest BCUT2D eigenvalue weighted by Crippen LogP contribution is 2.32. The molecule has 26 heteroatoms. The monoisotopic (exact) mass is 748 g/mol. The number of ether oxygens (including phenoxy) is 4. The van der Waals surface area contributed by atoms with Gasteiger partial charge in [-0.2, -0.15) is 16.8 Å². The standard InChI is InChI=1S/C22H40N2O22S2/c1-7(28)23-9(3-25)18(14(31)10(30)4-26)44-21-13(24-8(2)29)16(33)19(12(43-21)6-41-47(35,36)37)45-22-17(34)20(46-48(38,39)40)15(32)11(5-27)42-22/h9-22,25-27,30-34H,3-6H2,1-2H3,(H,23,28)(H,24,29)(H,35,36,37)(H,38,39,40).